The molecule has 0 bridgehead atoms. The number of nitrogens with one attached hydrogen (secondary N) is 1. The summed E-state index contributed by atoms with van der Waals surface area (Å²) in [6.45, 7) is 0.211. The van der Waals surface area contributed by atoms with Crippen LogP contribution >= 0.6 is 11.6 Å². The van der Waals surface area contributed by atoms with Crippen LogP contribution in [0.3, 0.4) is 0 Å². The average Bonchev–Trinajstić information content (AvgIpc) is 2.74. The Balaban J connectivity index is 1.88. The monoisotopic (exact) mass is 387 g/mol. The Morgan fingerprint density at radius 1 is 1.04 bits per heavy atom. The number of nitrogens with two attached hydrogens (primary N) is 1. The number of rotatable bonds is 3. The molecule has 7 heteroatoms. The summed E-state index contributed by atoms with van der Waals surface area (Å²) in [5.74, 6) is 0. The van der Waals surface area contributed by atoms with Gasteiger partial charge in [0.15, 0.2) is 0 Å². The summed E-state index contributed by atoms with van der Waals surface area (Å²) < 4.78 is 0. The van der Waals surface area contributed by atoms with Crippen molar-refractivity contribution in [3.05, 3.63) is 81.5 Å². The summed E-state index contributed by atoms with van der Waals surface area (Å²) in [4.78, 5) is 16.3. The van der Waals surface area contributed by atoms with E-state index in [2.05, 4.69) is 21.3 Å². The fourth-order valence-electron chi connectivity index (χ4n) is 3.15. The van der Waals surface area contributed by atoms with Gasteiger partial charge in [0, 0.05) is 46.0 Å². The van der Waals surface area contributed by atoms with Crippen LogP contribution in [0.2, 0.25) is 5.02 Å². The van der Waals surface area contributed by atoms with Crippen molar-refractivity contribution in [2.75, 3.05) is 0 Å². The molecule has 0 radical (unpaired) electrons. The fraction of sp³-hybridized carbons (Fsp3) is 0.0476. The van der Waals surface area contributed by atoms with E-state index in [9.17, 15) is 10.1 Å². The highest BCUT2D eigenvalue weighted by Crippen LogP contribution is 2.30. The van der Waals surface area contributed by atoms with E-state index in [1.807, 2.05) is 18.2 Å². The summed E-state index contributed by atoms with van der Waals surface area (Å²) >= 11 is 6.11. The first-order valence-electron chi connectivity index (χ1n) is 8.47. The van der Waals surface area contributed by atoms with E-state index in [4.69, 9.17) is 17.3 Å². The van der Waals surface area contributed by atoms with Gasteiger partial charge in [-0.15, -0.1) is 0 Å². The molecule has 0 spiro atoms. The lowest BCUT2D eigenvalue weighted by atomic mass is 9.97. The molecule has 2 aromatic carbocycles. The predicted octanol–water partition coefficient (Wildman–Crippen LogP) is 3.64. The second kappa shape index (κ2) is 7.24. The number of aromatic nitrogens is 3. The first-order chi connectivity index (χ1) is 13.6. The predicted molar refractivity (Wildman–Crippen MR) is 109 cm³/mol. The van der Waals surface area contributed by atoms with Crippen LogP contribution in [0.4, 0.5) is 0 Å². The topological polar surface area (TPSA) is 108 Å². The van der Waals surface area contributed by atoms with Crippen molar-refractivity contribution in [2.45, 2.75) is 6.54 Å². The minimum absolute atomic E-state index is 0.211. The maximum Gasteiger partial charge on any atom is 0.272 e. The lowest BCUT2D eigenvalue weighted by Gasteiger charge is -2.09. The molecule has 2 aromatic heterocycles. The molecule has 0 unspecified atom stereocenters. The molecule has 28 heavy (non-hydrogen) atoms. The van der Waals surface area contributed by atoms with Gasteiger partial charge in [-0.05, 0) is 42.0 Å². The minimum atomic E-state index is -0.261. The molecule has 4 aromatic rings. The highest BCUT2D eigenvalue weighted by atomic mass is 35.5. The molecular formula is C21H14ClN5O. The van der Waals surface area contributed by atoms with Gasteiger partial charge < -0.3 is 5.73 Å². The molecule has 0 saturated heterocycles. The molecule has 0 amide bonds. The first kappa shape index (κ1) is 17.9. The van der Waals surface area contributed by atoms with E-state index in [1.165, 1.54) is 0 Å². The molecule has 2 heterocycles. The van der Waals surface area contributed by atoms with Crippen molar-refractivity contribution in [3.8, 4) is 28.3 Å². The van der Waals surface area contributed by atoms with Crippen LogP contribution in [0, 0.1) is 11.3 Å². The van der Waals surface area contributed by atoms with Gasteiger partial charge in [-0.1, -0.05) is 17.7 Å². The standard InChI is InChI=1S/C21H14ClN5O/c22-16-3-1-13(8-23)18(7-16)15-5-14(10-25-11-15)12-2-4-17-19(6-12)20(9-24)26-27-21(17)28/h1-7,10-11H,9,24H2,(H,27,28). The number of hydrogen-bond acceptors (Lipinski definition) is 5. The maximum absolute atomic E-state index is 12.0. The number of H-pyrrole nitrogens is 1. The van der Waals surface area contributed by atoms with Crippen LogP contribution in [0.1, 0.15) is 11.3 Å². The average molecular weight is 388 g/mol. The molecule has 136 valence electrons. The van der Waals surface area contributed by atoms with Gasteiger partial charge in [0.2, 0.25) is 0 Å². The van der Waals surface area contributed by atoms with Crippen LogP contribution < -0.4 is 11.3 Å². The van der Waals surface area contributed by atoms with E-state index in [1.54, 1.807) is 36.7 Å². The summed E-state index contributed by atoms with van der Waals surface area (Å²) in [5.41, 5.74) is 9.83. The Morgan fingerprint density at radius 3 is 2.64 bits per heavy atom. The Labute approximate surface area is 165 Å². The number of benzene rings is 2. The van der Waals surface area contributed by atoms with E-state index in [-0.39, 0.29) is 12.1 Å². The van der Waals surface area contributed by atoms with Crippen LogP contribution in [0.5, 0.6) is 0 Å². The largest absolute Gasteiger partial charge is 0.325 e. The van der Waals surface area contributed by atoms with Crippen LogP contribution in [0.25, 0.3) is 33.0 Å². The van der Waals surface area contributed by atoms with Gasteiger partial charge >= 0.3 is 0 Å². The smallest absolute Gasteiger partial charge is 0.272 e. The van der Waals surface area contributed by atoms with E-state index in [0.29, 0.717) is 32.6 Å². The number of fused-ring (bicyclic) bond motifs is 1. The van der Waals surface area contributed by atoms with Gasteiger partial charge in [-0.25, -0.2) is 5.10 Å². The van der Waals surface area contributed by atoms with Gasteiger partial charge in [-0.3, -0.25) is 9.78 Å². The Kier molecular flexibility index (Phi) is 4.62. The second-order valence-electron chi connectivity index (χ2n) is 6.23. The van der Waals surface area contributed by atoms with Crippen molar-refractivity contribution in [1.29, 1.82) is 5.26 Å². The van der Waals surface area contributed by atoms with E-state index >= 15 is 0 Å². The summed E-state index contributed by atoms with van der Waals surface area (Å²) in [5, 5.41) is 17.7. The van der Waals surface area contributed by atoms with Crippen molar-refractivity contribution in [2.24, 2.45) is 5.73 Å². The number of nitrogens with zero attached hydrogens (tertiary/aromatic N) is 3. The van der Waals surface area contributed by atoms with Crippen molar-refractivity contribution in [1.82, 2.24) is 15.2 Å². The highest BCUT2D eigenvalue weighted by Gasteiger charge is 2.11. The summed E-state index contributed by atoms with van der Waals surface area (Å²) in [7, 11) is 0. The number of hydrogen-bond donors (Lipinski definition) is 2. The first-order valence-corrected chi connectivity index (χ1v) is 8.85. The molecule has 4 rings (SSSR count). The molecule has 0 aliphatic carbocycles. The van der Waals surface area contributed by atoms with Crippen LogP contribution in [0.15, 0.2) is 59.7 Å². The molecule has 6 nitrogen and oxygen atoms in total. The SMILES string of the molecule is N#Cc1ccc(Cl)cc1-c1cncc(-c2ccc3c(=O)[nH]nc(CN)c3c2)c1. The molecule has 0 aliphatic rings. The molecule has 0 atom stereocenters. The molecular weight excluding hydrogens is 374 g/mol. The van der Waals surface area contributed by atoms with E-state index in [0.717, 1.165) is 16.7 Å². The van der Waals surface area contributed by atoms with Gasteiger partial charge in [-0.2, -0.15) is 10.4 Å². The molecule has 3 N–H and O–H groups in total. The summed E-state index contributed by atoms with van der Waals surface area (Å²) in [6, 6.07) is 14.7. The number of halogens is 1. The number of nitriles is 1. The number of pyridine rings is 1. The van der Waals surface area contributed by atoms with Crippen LogP contribution in [-0.4, -0.2) is 15.2 Å². The zero-order valence-corrected chi connectivity index (χ0v) is 15.4. The van der Waals surface area contributed by atoms with Crippen LogP contribution in [-0.2, 0) is 6.54 Å². The molecule has 0 aliphatic heterocycles. The van der Waals surface area contributed by atoms with Gasteiger partial charge in [0.05, 0.1) is 22.7 Å². The Hall–Kier alpha value is -3.53. The molecule has 0 fully saturated rings. The van der Waals surface area contributed by atoms with Crippen molar-refractivity contribution < 1.29 is 0 Å². The lowest BCUT2D eigenvalue weighted by Crippen LogP contribution is -2.13. The van der Waals surface area contributed by atoms with Crippen molar-refractivity contribution >= 4 is 22.4 Å². The van der Waals surface area contributed by atoms with Crippen molar-refractivity contribution in [3.63, 3.8) is 0 Å². The zero-order valence-electron chi connectivity index (χ0n) is 14.6. The van der Waals surface area contributed by atoms with Gasteiger partial charge in [0.1, 0.15) is 0 Å². The lowest BCUT2D eigenvalue weighted by molar-refractivity contribution is 0.900. The highest BCUT2D eigenvalue weighted by molar-refractivity contribution is 6.30. The Bertz CT molecular complexity index is 1310. The number of aromatic amines is 1. The third kappa shape index (κ3) is 3.14. The Morgan fingerprint density at radius 2 is 1.86 bits per heavy atom. The maximum atomic E-state index is 12.0. The third-order valence-electron chi connectivity index (χ3n) is 4.55. The normalized spacial score (nSPS) is 10.8. The quantitative estimate of drug-likeness (QED) is 0.557. The molecule has 0 saturated carbocycles. The zero-order chi connectivity index (χ0) is 19.7. The third-order valence-corrected chi connectivity index (χ3v) is 4.78. The minimum Gasteiger partial charge on any atom is -0.325 e. The summed E-state index contributed by atoms with van der Waals surface area (Å²) in [6.07, 6.45) is 3.42. The fourth-order valence-corrected chi connectivity index (χ4v) is 3.32. The van der Waals surface area contributed by atoms with E-state index < -0.39 is 0 Å². The second-order valence-corrected chi connectivity index (χ2v) is 6.66. The van der Waals surface area contributed by atoms with Gasteiger partial charge in [0.25, 0.3) is 5.56 Å².